The Bertz CT molecular complexity index is 3470. The molecule has 2 nitrogen and oxygen atoms in total. The second-order valence-electron chi connectivity index (χ2n) is 19.5. The number of alkyl halides is 24. The van der Waals surface area contributed by atoms with Crippen molar-refractivity contribution in [3.8, 4) is 22.4 Å². The van der Waals surface area contributed by atoms with E-state index in [2.05, 4.69) is 65.2 Å². The summed E-state index contributed by atoms with van der Waals surface area (Å²) in [5.74, 6) is 0.106. The molecule has 2 aliphatic rings. The maximum absolute atomic E-state index is 14.2. The molecule has 0 aliphatic heterocycles. The van der Waals surface area contributed by atoms with Crippen LogP contribution in [-0.4, -0.2) is 11.9 Å². The molecule has 0 atom stereocenters. The Balaban J connectivity index is 0.000000274. The van der Waals surface area contributed by atoms with Gasteiger partial charge < -0.3 is 0 Å². The minimum Gasteiger partial charge on any atom is -0.287 e. The van der Waals surface area contributed by atoms with Crippen LogP contribution in [0.5, 0.6) is 0 Å². The SMILES string of the molecule is FC(F)(F)c1cc([B-](c2cc(C(F)(F)F)cc(C(F)(F)F)c2)(c2cc(C(F)(F)F)cc(C(F)(F)F)c2)c2cc(C(F)(F)F)cc(C(F)(F)F)c2)cc(C(F)(F)F)c1.O=C(C[n+]1ccc2ccccc2c1-c1cc2cccccc-2c1)c1ccccc1. The number of fused-ring (bicyclic) bond motifs is 2. The average Bonchev–Trinajstić information content (AvgIpc) is 0.815. The van der Waals surface area contributed by atoms with Crippen molar-refractivity contribution in [3.63, 3.8) is 0 Å². The summed E-state index contributed by atoms with van der Waals surface area (Å²) in [6.45, 7) is 0.305. The van der Waals surface area contributed by atoms with E-state index in [9.17, 15) is 110 Å². The van der Waals surface area contributed by atoms with E-state index in [0.29, 0.717) is 6.54 Å². The molecule has 9 rings (SSSR count). The van der Waals surface area contributed by atoms with E-state index in [1.54, 1.807) is 0 Å². The van der Waals surface area contributed by atoms with Gasteiger partial charge in [-0.3, -0.25) is 4.79 Å². The second-order valence-corrected chi connectivity index (χ2v) is 19.5. The molecule has 2 aliphatic carbocycles. The number of carbonyl (C=O) groups excluding carboxylic acids is 1. The number of Topliss-reactive ketones (excluding diaryl/α,β-unsaturated/α-hetero) is 1. The molecule has 27 heteroatoms. The van der Waals surface area contributed by atoms with Crippen molar-refractivity contribution in [2.24, 2.45) is 0 Å². The molecule has 0 unspecified atom stereocenters. The Morgan fingerprint density at radius 3 is 0.895 bits per heavy atom. The van der Waals surface area contributed by atoms with Gasteiger partial charge in [0.25, 0.3) is 0 Å². The number of hydrogen-bond donors (Lipinski definition) is 0. The lowest BCUT2D eigenvalue weighted by molar-refractivity contribution is -0.671. The van der Waals surface area contributed by atoms with E-state index in [1.807, 2.05) is 48.7 Å². The number of nitrogens with zero attached hydrogens (tertiary/aromatic N) is 1. The zero-order valence-corrected chi connectivity index (χ0v) is 42.5. The van der Waals surface area contributed by atoms with Crippen molar-refractivity contribution in [1.29, 1.82) is 0 Å². The van der Waals surface area contributed by atoms with Crippen molar-refractivity contribution in [2.45, 2.75) is 56.0 Å². The second kappa shape index (κ2) is 22.4. The fourth-order valence-corrected chi connectivity index (χ4v) is 10.0. The molecule has 0 fully saturated rings. The summed E-state index contributed by atoms with van der Waals surface area (Å²) in [5, 5.41) is 2.32. The van der Waals surface area contributed by atoms with E-state index >= 15 is 0 Å². The van der Waals surface area contributed by atoms with Gasteiger partial charge in [-0.25, -0.2) is 0 Å². The fraction of sp³-hybridized carbons (Fsp3) is 0.153. The van der Waals surface area contributed by atoms with Gasteiger partial charge in [-0.1, -0.05) is 127 Å². The quantitative estimate of drug-likeness (QED) is 0.0643. The predicted octanol–water partition coefficient (Wildman–Crippen LogP) is 17.0. The highest BCUT2D eigenvalue weighted by atomic mass is 19.4. The van der Waals surface area contributed by atoms with E-state index in [0.717, 1.165) is 22.2 Å². The van der Waals surface area contributed by atoms with Crippen LogP contribution in [0.4, 0.5) is 105 Å². The Hall–Kier alpha value is -8.52. The molecule has 6 aromatic carbocycles. The number of halogens is 24. The molecule has 7 aromatic rings. The minimum atomic E-state index is -6.13. The average molecular weight is 1240 g/mol. The fourth-order valence-electron chi connectivity index (χ4n) is 10.0. The Morgan fingerprint density at radius 1 is 0.314 bits per heavy atom. The number of benzene rings is 6. The molecule has 0 amide bonds. The van der Waals surface area contributed by atoms with Crippen molar-refractivity contribution in [3.05, 3.63) is 232 Å². The van der Waals surface area contributed by atoms with Crippen LogP contribution in [0.25, 0.3) is 33.2 Å². The number of rotatable bonds is 8. The maximum atomic E-state index is 14.2. The van der Waals surface area contributed by atoms with Crippen LogP contribution < -0.4 is 26.4 Å². The monoisotopic (exact) mass is 1240 g/mol. The van der Waals surface area contributed by atoms with E-state index < -0.39 is 195 Å². The summed E-state index contributed by atoms with van der Waals surface area (Å²) in [6.07, 6.45) is -52.8. The molecule has 1 aromatic heterocycles. The molecular weight excluding hydrogens is 1210 g/mol. The molecule has 0 N–H and O–H groups in total. The van der Waals surface area contributed by atoms with Gasteiger partial charge in [0.15, 0.2) is 6.20 Å². The summed E-state index contributed by atoms with van der Waals surface area (Å²) in [7, 11) is 0. The summed E-state index contributed by atoms with van der Waals surface area (Å²) >= 11 is 0. The topological polar surface area (TPSA) is 20.9 Å². The Labute approximate surface area is 468 Å². The van der Waals surface area contributed by atoms with Gasteiger partial charge in [-0.15, -0.1) is 0 Å². The van der Waals surface area contributed by atoms with E-state index in [-0.39, 0.29) is 5.78 Å². The van der Waals surface area contributed by atoms with Crippen LogP contribution in [0.2, 0.25) is 0 Å². The third kappa shape index (κ3) is 13.6. The first-order chi connectivity index (χ1) is 39.6. The predicted molar refractivity (Wildman–Crippen MR) is 267 cm³/mol. The molecule has 0 spiro atoms. The lowest BCUT2D eigenvalue weighted by Gasteiger charge is -2.46. The van der Waals surface area contributed by atoms with Crippen LogP contribution in [-0.2, 0) is 56.0 Å². The normalized spacial score (nSPS) is 13.2. The van der Waals surface area contributed by atoms with E-state index in [4.69, 9.17) is 0 Å². The van der Waals surface area contributed by atoms with Gasteiger partial charge >= 0.3 is 49.4 Å². The Kier molecular flexibility index (Phi) is 16.5. The molecule has 0 saturated carbocycles. The first kappa shape index (κ1) is 63.5. The van der Waals surface area contributed by atoms with Gasteiger partial charge in [-0.2, -0.15) is 132 Å². The number of carbonyl (C=O) groups is 1. The largest absolute Gasteiger partial charge is 0.416 e. The van der Waals surface area contributed by atoms with Crippen LogP contribution in [0, 0.1) is 0 Å². The highest BCUT2D eigenvalue weighted by Crippen LogP contribution is 2.42. The zero-order valence-electron chi connectivity index (χ0n) is 42.5. The maximum Gasteiger partial charge on any atom is 0.416 e. The zero-order chi connectivity index (χ0) is 63.5. The smallest absolute Gasteiger partial charge is 0.287 e. The highest BCUT2D eigenvalue weighted by Gasteiger charge is 2.47. The van der Waals surface area contributed by atoms with Gasteiger partial charge in [0.05, 0.1) is 49.9 Å². The number of hydrogen-bond acceptors (Lipinski definition) is 1. The van der Waals surface area contributed by atoms with Crippen LogP contribution in [0.3, 0.4) is 0 Å². The molecule has 450 valence electrons. The number of aromatic nitrogens is 1. The first-order valence-electron chi connectivity index (χ1n) is 24.4. The van der Waals surface area contributed by atoms with Crippen LogP contribution in [0.1, 0.15) is 54.9 Å². The third-order valence-corrected chi connectivity index (χ3v) is 13.8. The van der Waals surface area contributed by atoms with Crippen LogP contribution >= 0.6 is 0 Å². The van der Waals surface area contributed by atoms with Crippen molar-refractivity contribution in [2.75, 3.05) is 0 Å². The number of pyridine rings is 1. The first-order valence-corrected chi connectivity index (χ1v) is 24.4. The van der Waals surface area contributed by atoms with Gasteiger partial charge in [0.1, 0.15) is 6.15 Å². The summed E-state index contributed by atoms with van der Waals surface area (Å²) in [5.41, 5.74) is -24.9. The lowest BCUT2D eigenvalue weighted by Crippen LogP contribution is -2.75. The van der Waals surface area contributed by atoms with Crippen molar-refractivity contribution >= 4 is 44.6 Å². The van der Waals surface area contributed by atoms with Gasteiger partial charge in [0.2, 0.25) is 18.0 Å². The minimum absolute atomic E-state index is 0.106. The Morgan fingerprint density at radius 2 is 0.593 bits per heavy atom. The van der Waals surface area contributed by atoms with E-state index in [1.165, 1.54) is 16.5 Å². The lowest BCUT2D eigenvalue weighted by atomic mass is 9.12. The molecule has 1 heterocycles. The highest BCUT2D eigenvalue weighted by molar-refractivity contribution is 7.20. The third-order valence-electron chi connectivity index (χ3n) is 13.8. The summed E-state index contributed by atoms with van der Waals surface area (Å²) < 4.78 is 343. The van der Waals surface area contributed by atoms with Crippen LogP contribution in [0.15, 0.2) is 182 Å². The molecule has 86 heavy (non-hydrogen) atoms. The summed E-state index contributed by atoms with van der Waals surface area (Å²) in [4.78, 5) is 12.9. The van der Waals surface area contributed by atoms with Crippen molar-refractivity contribution < 1.29 is 115 Å². The molecular formula is C59H32BF24NO. The standard InChI is InChI=1S/C32H12BF24.C27H20NO/c34-25(35,36)13-1-14(26(37,38)39)6-21(5-13)33(22-7-15(27(40,41)42)2-16(8-22)28(43,44)45,23-9-17(29(46,47)48)3-18(10-23)30(49,50)51)24-11-19(31(52,53)54)4-20(12-24)32(55,56)57;29-26(21-10-3-1-4-11-21)19-28-16-15-20-9-7-8-14-25(20)27(28)24-17-22-12-5-2-6-13-23(22)18-24/h1-12H;1-18H,19H2/q-1;+1. The summed E-state index contributed by atoms with van der Waals surface area (Å²) in [6, 6.07) is 25.9. The number of ketones is 1. The van der Waals surface area contributed by atoms with Gasteiger partial charge in [-0.05, 0) is 59.0 Å². The molecule has 0 bridgehead atoms. The van der Waals surface area contributed by atoms with Gasteiger partial charge in [0, 0.05) is 17.2 Å². The van der Waals surface area contributed by atoms with Crippen molar-refractivity contribution in [1.82, 2.24) is 0 Å². The molecule has 0 saturated heterocycles. The molecule has 0 radical (unpaired) electrons.